The molecule has 2 rings (SSSR count). The first-order valence-corrected chi connectivity index (χ1v) is 10.6. The Hall–Kier alpha value is -2.41. The normalized spacial score (nSPS) is 12.0. The molecule has 0 saturated heterocycles. The molecule has 28 heavy (non-hydrogen) atoms. The Bertz CT molecular complexity index is 825. The molecule has 0 heterocycles. The Morgan fingerprint density at radius 1 is 1.00 bits per heavy atom. The van der Waals surface area contributed by atoms with Gasteiger partial charge in [0.25, 0.3) is 0 Å². The Balaban J connectivity index is 2.43. The highest BCUT2D eigenvalue weighted by molar-refractivity contribution is 7.86. The lowest BCUT2D eigenvalue weighted by atomic mass is 9.97. The summed E-state index contributed by atoms with van der Waals surface area (Å²) in [4.78, 5) is 14.4. The third-order valence-electron chi connectivity index (χ3n) is 3.96. The maximum Gasteiger partial charge on any atom is 0.411 e. The maximum atomic E-state index is 13.0. The summed E-state index contributed by atoms with van der Waals surface area (Å²) in [7, 11) is -4.61. The molecule has 7 heteroatoms. The highest BCUT2D eigenvalue weighted by atomic mass is 32.3. The number of nitrogens with zero attached hydrogens (tertiary/aromatic N) is 1. The highest BCUT2D eigenvalue weighted by Crippen LogP contribution is 2.30. The molecule has 0 N–H and O–H groups in total. The first-order valence-electron chi connectivity index (χ1n) is 9.09. The predicted molar refractivity (Wildman–Crippen MR) is 107 cm³/mol. The molecule has 0 saturated carbocycles. The zero-order chi connectivity index (χ0) is 20.8. The number of ether oxygens (including phenoxy) is 1. The number of carbonyl (C=O) groups excluding carboxylic acids is 1. The minimum absolute atomic E-state index is 0.0335. The number of hydrogen-bond acceptors (Lipinski definition) is 4. The third kappa shape index (κ3) is 6.96. The van der Waals surface area contributed by atoms with Gasteiger partial charge in [-0.3, -0.25) is 4.90 Å². The Kier molecular flexibility index (Phi) is 7.18. The van der Waals surface area contributed by atoms with E-state index in [1.807, 2.05) is 60.7 Å². The van der Waals surface area contributed by atoms with Crippen LogP contribution < -0.4 is 0 Å². The molecule has 0 unspecified atom stereocenters. The van der Waals surface area contributed by atoms with E-state index < -0.39 is 33.7 Å². The second-order valence-electron chi connectivity index (χ2n) is 7.49. The molecule has 0 aliphatic carbocycles. The first-order chi connectivity index (χ1) is 13.1. The van der Waals surface area contributed by atoms with Crippen LogP contribution in [0.3, 0.4) is 0 Å². The summed E-state index contributed by atoms with van der Waals surface area (Å²) in [5, 5.41) is 0. The van der Waals surface area contributed by atoms with Crippen LogP contribution in [-0.2, 0) is 15.0 Å². The molecule has 0 fully saturated rings. The van der Waals surface area contributed by atoms with Gasteiger partial charge < -0.3 is 4.74 Å². The molecule has 0 bridgehead atoms. The first kappa shape index (κ1) is 21.9. The minimum atomic E-state index is -4.61. The van der Waals surface area contributed by atoms with Crippen LogP contribution >= 0.6 is 0 Å². The van der Waals surface area contributed by atoms with Crippen molar-refractivity contribution < 1.29 is 21.8 Å². The molecular weight excluding hydrogens is 381 g/mol. The van der Waals surface area contributed by atoms with Crippen LogP contribution in [0.2, 0.25) is 0 Å². The van der Waals surface area contributed by atoms with E-state index in [9.17, 15) is 17.1 Å². The summed E-state index contributed by atoms with van der Waals surface area (Å²) < 4.78 is 40.4. The van der Waals surface area contributed by atoms with Gasteiger partial charge in [-0.1, -0.05) is 60.7 Å². The van der Waals surface area contributed by atoms with Crippen molar-refractivity contribution in [2.75, 3.05) is 12.3 Å². The molecule has 0 radical (unpaired) electrons. The van der Waals surface area contributed by atoms with Crippen LogP contribution in [0.4, 0.5) is 8.68 Å². The van der Waals surface area contributed by atoms with Crippen LogP contribution in [-0.4, -0.2) is 37.3 Å². The van der Waals surface area contributed by atoms with Crippen molar-refractivity contribution >= 4 is 16.3 Å². The van der Waals surface area contributed by atoms with Crippen molar-refractivity contribution in [1.82, 2.24) is 4.90 Å². The van der Waals surface area contributed by atoms with Gasteiger partial charge in [-0.2, -0.15) is 8.42 Å². The summed E-state index contributed by atoms with van der Waals surface area (Å²) in [6, 6.07) is 18.3. The van der Waals surface area contributed by atoms with Gasteiger partial charge in [-0.05, 0) is 38.3 Å². The fourth-order valence-corrected chi connectivity index (χ4v) is 3.35. The van der Waals surface area contributed by atoms with Crippen LogP contribution in [0.5, 0.6) is 0 Å². The van der Waals surface area contributed by atoms with E-state index in [1.165, 1.54) is 4.90 Å². The number of amides is 1. The van der Waals surface area contributed by atoms with E-state index in [2.05, 4.69) is 0 Å². The van der Waals surface area contributed by atoms with Crippen molar-refractivity contribution in [3.63, 3.8) is 0 Å². The molecule has 152 valence electrons. The van der Waals surface area contributed by atoms with Gasteiger partial charge in [0.1, 0.15) is 5.60 Å². The lowest BCUT2D eigenvalue weighted by molar-refractivity contribution is 0.0191. The summed E-state index contributed by atoms with van der Waals surface area (Å²) in [6.07, 6.45) is -0.615. The number of benzene rings is 2. The number of rotatable bonds is 7. The fraction of sp³-hybridized carbons (Fsp3) is 0.381. The topological polar surface area (TPSA) is 63.7 Å². The van der Waals surface area contributed by atoms with Crippen molar-refractivity contribution in [2.45, 2.75) is 38.8 Å². The quantitative estimate of drug-likeness (QED) is 0.624. The van der Waals surface area contributed by atoms with Crippen molar-refractivity contribution in [3.8, 4) is 0 Å². The fourth-order valence-electron chi connectivity index (χ4n) is 2.88. The van der Waals surface area contributed by atoms with Gasteiger partial charge >= 0.3 is 16.3 Å². The van der Waals surface area contributed by atoms with E-state index >= 15 is 0 Å². The smallest absolute Gasteiger partial charge is 0.411 e. The van der Waals surface area contributed by atoms with E-state index in [0.717, 1.165) is 11.1 Å². The molecular formula is C21H26FNO4S. The van der Waals surface area contributed by atoms with Gasteiger partial charge in [0.15, 0.2) is 0 Å². The lowest BCUT2D eigenvalue weighted by Crippen LogP contribution is -2.40. The summed E-state index contributed by atoms with van der Waals surface area (Å²) in [6.45, 7) is 5.31. The number of hydrogen-bond donors (Lipinski definition) is 0. The average molecular weight is 408 g/mol. The van der Waals surface area contributed by atoms with Crippen LogP contribution in [0.25, 0.3) is 0 Å². The standard InChI is InChI=1S/C21H26FNO4S/c1-21(2,3)27-20(24)23(15-10-16-28(22,25)26)19(17-11-6-4-7-12-17)18-13-8-5-9-14-18/h4-9,11-14,19H,10,15-16H2,1-3H3. The molecule has 0 aliphatic heterocycles. The molecule has 2 aromatic rings. The SMILES string of the molecule is CC(C)(C)OC(=O)N(CCCS(=O)(=O)F)C(c1ccccc1)c1ccccc1. The summed E-state index contributed by atoms with van der Waals surface area (Å²) in [5.41, 5.74) is 0.977. The van der Waals surface area contributed by atoms with Crippen molar-refractivity contribution in [3.05, 3.63) is 71.8 Å². The summed E-state index contributed by atoms with van der Waals surface area (Å²) in [5.74, 6) is -0.650. The predicted octanol–water partition coefficient (Wildman–Crippen LogP) is 4.70. The van der Waals surface area contributed by atoms with Gasteiger partial charge in [-0.15, -0.1) is 3.89 Å². The zero-order valence-electron chi connectivity index (χ0n) is 16.3. The monoisotopic (exact) mass is 407 g/mol. The second-order valence-corrected chi connectivity index (χ2v) is 8.98. The second kappa shape index (κ2) is 9.19. The maximum absolute atomic E-state index is 13.0. The Morgan fingerprint density at radius 3 is 1.86 bits per heavy atom. The van der Waals surface area contributed by atoms with Gasteiger partial charge in [0.2, 0.25) is 0 Å². The van der Waals surface area contributed by atoms with Gasteiger partial charge in [0.05, 0.1) is 11.8 Å². The Morgan fingerprint density at radius 2 is 1.46 bits per heavy atom. The molecule has 2 aromatic carbocycles. The molecule has 1 amide bonds. The van der Waals surface area contributed by atoms with E-state index in [4.69, 9.17) is 4.74 Å². The lowest BCUT2D eigenvalue weighted by Gasteiger charge is -2.34. The number of halogens is 1. The van der Waals surface area contributed by atoms with Crippen molar-refractivity contribution in [1.29, 1.82) is 0 Å². The van der Waals surface area contributed by atoms with E-state index in [1.54, 1.807) is 20.8 Å². The van der Waals surface area contributed by atoms with Gasteiger partial charge in [-0.25, -0.2) is 4.79 Å². The van der Waals surface area contributed by atoms with Gasteiger partial charge in [0, 0.05) is 6.54 Å². The zero-order valence-corrected chi connectivity index (χ0v) is 17.2. The highest BCUT2D eigenvalue weighted by Gasteiger charge is 2.30. The van der Waals surface area contributed by atoms with Crippen LogP contribution in [0.1, 0.15) is 44.4 Å². The van der Waals surface area contributed by atoms with E-state index in [0.29, 0.717) is 0 Å². The Labute approximate surface area is 166 Å². The molecule has 0 spiro atoms. The van der Waals surface area contributed by atoms with Crippen molar-refractivity contribution in [2.24, 2.45) is 0 Å². The van der Waals surface area contributed by atoms with E-state index in [-0.39, 0.29) is 13.0 Å². The minimum Gasteiger partial charge on any atom is -0.444 e. The third-order valence-corrected chi connectivity index (χ3v) is 4.73. The molecule has 0 aromatic heterocycles. The van der Waals surface area contributed by atoms with Crippen LogP contribution in [0, 0.1) is 0 Å². The summed E-state index contributed by atoms with van der Waals surface area (Å²) >= 11 is 0. The molecule has 0 atom stereocenters. The number of carbonyl (C=O) groups is 1. The molecule has 5 nitrogen and oxygen atoms in total. The van der Waals surface area contributed by atoms with Crippen LogP contribution in [0.15, 0.2) is 60.7 Å². The largest absolute Gasteiger partial charge is 0.444 e. The molecule has 0 aliphatic rings. The average Bonchev–Trinajstić information content (AvgIpc) is 2.60.